The van der Waals surface area contributed by atoms with Gasteiger partial charge in [0.05, 0.1) is 24.2 Å². The summed E-state index contributed by atoms with van der Waals surface area (Å²) in [5.41, 5.74) is 2.85. The SMILES string of the molecule is COc1c(NCC(=O)Nc2ccc(Cl)cc2C)cccc1S(=O)(=O)c1ccc(C)cc1. The predicted octanol–water partition coefficient (Wildman–Crippen LogP) is 4.85. The monoisotopic (exact) mass is 458 g/mol. The number of para-hydroxylation sites is 1. The van der Waals surface area contributed by atoms with E-state index >= 15 is 0 Å². The molecule has 0 heterocycles. The van der Waals surface area contributed by atoms with E-state index in [2.05, 4.69) is 10.6 Å². The normalized spacial score (nSPS) is 11.1. The molecule has 3 rings (SSSR count). The molecule has 31 heavy (non-hydrogen) atoms. The lowest BCUT2D eigenvalue weighted by atomic mass is 10.2. The molecule has 0 radical (unpaired) electrons. The van der Waals surface area contributed by atoms with E-state index in [9.17, 15) is 13.2 Å². The Bertz CT molecular complexity index is 1210. The average Bonchev–Trinajstić information content (AvgIpc) is 2.74. The van der Waals surface area contributed by atoms with Crippen LogP contribution in [-0.4, -0.2) is 28.0 Å². The van der Waals surface area contributed by atoms with E-state index in [-0.39, 0.29) is 28.0 Å². The van der Waals surface area contributed by atoms with E-state index in [1.807, 2.05) is 13.8 Å². The number of benzene rings is 3. The third-order valence-electron chi connectivity index (χ3n) is 4.71. The van der Waals surface area contributed by atoms with Crippen molar-refractivity contribution in [1.29, 1.82) is 0 Å². The molecule has 3 aromatic carbocycles. The van der Waals surface area contributed by atoms with Gasteiger partial charge in [0, 0.05) is 10.7 Å². The predicted molar refractivity (Wildman–Crippen MR) is 123 cm³/mol. The minimum absolute atomic E-state index is 0.0257. The first-order valence-corrected chi connectivity index (χ1v) is 11.4. The Labute approximate surface area is 187 Å². The molecule has 0 atom stereocenters. The molecular formula is C23H23ClN2O4S. The number of aryl methyl sites for hydroxylation is 2. The summed E-state index contributed by atoms with van der Waals surface area (Å²) >= 11 is 5.94. The summed E-state index contributed by atoms with van der Waals surface area (Å²) in [6, 6.07) is 16.5. The molecule has 1 amide bonds. The third kappa shape index (κ3) is 5.18. The highest BCUT2D eigenvalue weighted by molar-refractivity contribution is 7.91. The van der Waals surface area contributed by atoms with Crippen LogP contribution in [0.1, 0.15) is 11.1 Å². The second-order valence-electron chi connectivity index (χ2n) is 7.01. The highest BCUT2D eigenvalue weighted by Gasteiger charge is 2.24. The Morgan fingerprint density at radius 2 is 1.71 bits per heavy atom. The number of halogens is 1. The molecule has 6 nitrogen and oxygen atoms in total. The molecule has 0 fully saturated rings. The fraction of sp³-hybridized carbons (Fsp3) is 0.174. The van der Waals surface area contributed by atoms with Crippen molar-refractivity contribution < 1.29 is 17.9 Å². The fourth-order valence-electron chi connectivity index (χ4n) is 3.06. The molecule has 162 valence electrons. The maximum atomic E-state index is 13.1. The molecule has 0 aliphatic carbocycles. The number of hydrogen-bond donors (Lipinski definition) is 2. The summed E-state index contributed by atoms with van der Waals surface area (Å²) in [5.74, 6) is -0.141. The van der Waals surface area contributed by atoms with Crippen molar-refractivity contribution in [3.8, 4) is 5.75 Å². The van der Waals surface area contributed by atoms with Gasteiger partial charge in [-0.25, -0.2) is 8.42 Å². The minimum Gasteiger partial charge on any atom is -0.493 e. The third-order valence-corrected chi connectivity index (χ3v) is 6.73. The summed E-state index contributed by atoms with van der Waals surface area (Å²) < 4.78 is 31.6. The second-order valence-corrected chi connectivity index (χ2v) is 9.37. The number of carbonyl (C=O) groups is 1. The Kier molecular flexibility index (Phi) is 6.87. The van der Waals surface area contributed by atoms with Crippen LogP contribution in [0.15, 0.2) is 70.5 Å². The number of hydrogen-bond acceptors (Lipinski definition) is 5. The Hall–Kier alpha value is -3.03. The van der Waals surface area contributed by atoms with E-state index in [0.717, 1.165) is 11.1 Å². The largest absolute Gasteiger partial charge is 0.493 e. The maximum absolute atomic E-state index is 13.1. The van der Waals surface area contributed by atoms with Gasteiger partial charge >= 0.3 is 0 Å². The maximum Gasteiger partial charge on any atom is 0.243 e. The van der Waals surface area contributed by atoms with Gasteiger partial charge in [-0.1, -0.05) is 35.4 Å². The molecule has 0 saturated heterocycles. The minimum atomic E-state index is -3.80. The molecular weight excluding hydrogens is 436 g/mol. The Balaban J connectivity index is 1.81. The van der Waals surface area contributed by atoms with Gasteiger partial charge in [-0.15, -0.1) is 0 Å². The quantitative estimate of drug-likeness (QED) is 0.528. The van der Waals surface area contributed by atoms with Crippen LogP contribution in [0.2, 0.25) is 5.02 Å². The highest BCUT2D eigenvalue weighted by atomic mass is 35.5. The molecule has 2 N–H and O–H groups in total. The molecule has 0 aliphatic rings. The van der Waals surface area contributed by atoms with Crippen molar-refractivity contribution in [3.05, 3.63) is 76.8 Å². The smallest absolute Gasteiger partial charge is 0.243 e. The van der Waals surface area contributed by atoms with Crippen molar-refractivity contribution in [2.75, 3.05) is 24.3 Å². The molecule has 3 aromatic rings. The number of anilines is 2. The standard InChI is InChI=1S/C23H23ClN2O4S/c1-15-7-10-18(11-8-15)31(28,29)21-6-4-5-20(23(21)30-3)25-14-22(27)26-19-12-9-17(24)13-16(19)2/h4-13,25H,14H2,1-3H3,(H,26,27). The number of sulfone groups is 1. The zero-order chi connectivity index (χ0) is 22.6. The number of rotatable bonds is 7. The van der Waals surface area contributed by atoms with Crippen LogP contribution in [0, 0.1) is 13.8 Å². The summed E-state index contributed by atoms with van der Waals surface area (Å²) in [4.78, 5) is 12.6. The number of ether oxygens (including phenoxy) is 1. The molecule has 8 heteroatoms. The van der Waals surface area contributed by atoms with Crippen molar-refractivity contribution >= 4 is 38.7 Å². The Morgan fingerprint density at radius 1 is 1.00 bits per heavy atom. The van der Waals surface area contributed by atoms with E-state index in [1.54, 1.807) is 54.6 Å². The number of methoxy groups -OCH3 is 1. The summed E-state index contributed by atoms with van der Waals surface area (Å²) in [6.07, 6.45) is 0. The fourth-order valence-corrected chi connectivity index (χ4v) is 4.73. The second kappa shape index (κ2) is 9.41. The lowest BCUT2D eigenvalue weighted by Crippen LogP contribution is -2.22. The molecule has 0 unspecified atom stereocenters. The molecule has 0 saturated carbocycles. The van der Waals surface area contributed by atoms with E-state index in [1.165, 1.54) is 13.2 Å². The molecule has 0 spiro atoms. The van der Waals surface area contributed by atoms with Crippen LogP contribution >= 0.6 is 11.6 Å². The number of carbonyl (C=O) groups excluding carboxylic acids is 1. The van der Waals surface area contributed by atoms with Crippen LogP contribution in [0.5, 0.6) is 5.75 Å². The first-order valence-electron chi connectivity index (χ1n) is 9.51. The zero-order valence-electron chi connectivity index (χ0n) is 17.4. The van der Waals surface area contributed by atoms with Crippen molar-refractivity contribution in [2.24, 2.45) is 0 Å². The van der Waals surface area contributed by atoms with Gasteiger partial charge in [-0.2, -0.15) is 0 Å². The van der Waals surface area contributed by atoms with Crippen LogP contribution in [0.3, 0.4) is 0 Å². The van der Waals surface area contributed by atoms with Crippen LogP contribution in [0.25, 0.3) is 0 Å². The van der Waals surface area contributed by atoms with Crippen molar-refractivity contribution in [1.82, 2.24) is 0 Å². The lowest BCUT2D eigenvalue weighted by Gasteiger charge is -2.16. The van der Waals surface area contributed by atoms with Gasteiger partial charge in [-0.3, -0.25) is 4.79 Å². The molecule has 0 aromatic heterocycles. The van der Waals surface area contributed by atoms with Gasteiger partial charge in [0.25, 0.3) is 0 Å². The van der Waals surface area contributed by atoms with Gasteiger partial charge in [0.2, 0.25) is 15.7 Å². The van der Waals surface area contributed by atoms with Crippen LogP contribution < -0.4 is 15.4 Å². The summed E-state index contributed by atoms with van der Waals surface area (Å²) in [6.45, 7) is 3.65. The Morgan fingerprint density at radius 3 is 2.35 bits per heavy atom. The molecule has 0 aliphatic heterocycles. The van der Waals surface area contributed by atoms with E-state index in [0.29, 0.717) is 16.4 Å². The average molecular weight is 459 g/mol. The van der Waals surface area contributed by atoms with Gasteiger partial charge in [0.15, 0.2) is 5.75 Å². The topological polar surface area (TPSA) is 84.5 Å². The van der Waals surface area contributed by atoms with Gasteiger partial charge in [-0.05, 0) is 61.9 Å². The highest BCUT2D eigenvalue weighted by Crippen LogP contribution is 2.35. The van der Waals surface area contributed by atoms with Crippen LogP contribution in [-0.2, 0) is 14.6 Å². The summed E-state index contributed by atoms with van der Waals surface area (Å²) in [7, 11) is -2.40. The zero-order valence-corrected chi connectivity index (χ0v) is 19.0. The first kappa shape index (κ1) is 22.7. The van der Waals surface area contributed by atoms with Gasteiger partial charge in [0.1, 0.15) is 4.90 Å². The lowest BCUT2D eigenvalue weighted by molar-refractivity contribution is -0.114. The number of nitrogens with one attached hydrogen (secondary N) is 2. The van der Waals surface area contributed by atoms with Gasteiger partial charge < -0.3 is 15.4 Å². The van der Waals surface area contributed by atoms with Crippen molar-refractivity contribution in [3.63, 3.8) is 0 Å². The van der Waals surface area contributed by atoms with E-state index < -0.39 is 9.84 Å². The number of amides is 1. The van der Waals surface area contributed by atoms with Crippen molar-refractivity contribution in [2.45, 2.75) is 23.6 Å². The summed E-state index contributed by atoms with van der Waals surface area (Å²) in [5, 5.41) is 6.35. The molecule has 0 bridgehead atoms. The van der Waals surface area contributed by atoms with Crippen LogP contribution in [0.4, 0.5) is 11.4 Å². The first-order chi connectivity index (χ1) is 14.7. The van der Waals surface area contributed by atoms with E-state index in [4.69, 9.17) is 16.3 Å².